The maximum Gasteiger partial charge on any atom is 0.173 e. The molecule has 0 spiro atoms. The Bertz CT molecular complexity index is 1070. The zero-order valence-electron chi connectivity index (χ0n) is 17.0. The lowest BCUT2D eigenvalue weighted by molar-refractivity contribution is -0.118. The van der Waals surface area contributed by atoms with Gasteiger partial charge in [0, 0.05) is 4.90 Å². The number of aryl methyl sites for hydroxylation is 3. The molecule has 0 aromatic heterocycles. The molecule has 4 atom stereocenters. The summed E-state index contributed by atoms with van der Waals surface area (Å²) in [6.07, 6.45) is 3.61. The molecular weight excluding hydrogens is 380 g/mol. The molecule has 3 aliphatic rings. The van der Waals surface area contributed by atoms with E-state index < -0.39 is 0 Å². The van der Waals surface area contributed by atoms with E-state index >= 15 is 0 Å². The van der Waals surface area contributed by atoms with Crippen molar-refractivity contribution in [2.45, 2.75) is 37.9 Å². The normalized spacial score (nSPS) is 27.6. The number of aliphatic hydroxyl groups excluding tert-OH is 1. The molecule has 2 heterocycles. The lowest BCUT2D eigenvalue weighted by Crippen LogP contribution is -2.28. The molecule has 1 fully saturated rings. The van der Waals surface area contributed by atoms with Crippen LogP contribution in [0, 0.1) is 32.6 Å². The monoisotopic (exact) mass is 404 g/mol. The van der Waals surface area contributed by atoms with Gasteiger partial charge >= 0.3 is 0 Å². The van der Waals surface area contributed by atoms with Crippen molar-refractivity contribution >= 4 is 28.7 Å². The van der Waals surface area contributed by atoms with Crippen molar-refractivity contribution in [1.29, 1.82) is 0 Å². The van der Waals surface area contributed by atoms with E-state index in [0.29, 0.717) is 5.57 Å². The van der Waals surface area contributed by atoms with Crippen molar-refractivity contribution in [3.05, 3.63) is 76.1 Å². The summed E-state index contributed by atoms with van der Waals surface area (Å²) in [6, 6.07) is 12.6. The number of carbonyl (C=O) groups excluding carboxylic acids is 1. The highest BCUT2D eigenvalue weighted by Crippen LogP contribution is 2.55. The van der Waals surface area contributed by atoms with Gasteiger partial charge < -0.3 is 9.84 Å². The number of rotatable bonds is 3. The average molecular weight is 405 g/mol. The van der Waals surface area contributed by atoms with Crippen LogP contribution < -0.4 is 0 Å². The summed E-state index contributed by atoms with van der Waals surface area (Å²) in [5.41, 5.74) is 6.80. The number of aliphatic hydroxyl groups is 1. The molecule has 2 bridgehead atoms. The minimum absolute atomic E-state index is 0.0167. The highest BCUT2D eigenvalue weighted by atomic mass is 32.2. The Morgan fingerprint density at radius 1 is 1.00 bits per heavy atom. The van der Waals surface area contributed by atoms with Gasteiger partial charge in [-0.25, -0.2) is 0 Å². The summed E-state index contributed by atoms with van der Waals surface area (Å²) >= 11 is 1.71. The predicted molar refractivity (Wildman–Crippen MR) is 117 cm³/mol. The molecule has 0 unspecified atom stereocenters. The molecule has 2 aliphatic heterocycles. The maximum absolute atomic E-state index is 13.4. The summed E-state index contributed by atoms with van der Waals surface area (Å²) in [5.74, 6) is -0.385. The van der Waals surface area contributed by atoms with Gasteiger partial charge in [-0.2, -0.15) is 0 Å². The molecule has 0 amide bonds. The van der Waals surface area contributed by atoms with E-state index in [1.807, 2.05) is 13.8 Å². The van der Waals surface area contributed by atoms with E-state index in [1.54, 1.807) is 11.8 Å². The SMILES string of the molecule is CSc1ccc(C2=C[C@@H]3O[C@H]2[C@H]2C(O)=C(c4c(C)cc(C)cc4C)C(=O)[C@H]23)cc1. The average Bonchev–Trinajstić information content (AvgIpc) is 3.34. The van der Waals surface area contributed by atoms with Gasteiger partial charge in [0.2, 0.25) is 0 Å². The molecule has 29 heavy (non-hydrogen) atoms. The van der Waals surface area contributed by atoms with Crippen molar-refractivity contribution in [2.75, 3.05) is 6.26 Å². The molecule has 0 radical (unpaired) electrons. The summed E-state index contributed by atoms with van der Waals surface area (Å²) in [7, 11) is 0. The zero-order valence-corrected chi connectivity index (χ0v) is 17.8. The summed E-state index contributed by atoms with van der Waals surface area (Å²) in [4.78, 5) is 14.6. The number of fused-ring (bicyclic) bond motifs is 5. The molecular formula is C25H24O3S. The third-order valence-corrected chi connectivity index (χ3v) is 7.24. The number of Topliss-reactive ketones (excluding diaryl/α,β-unsaturated/α-hetero) is 1. The van der Waals surface area contributed by atoms with Crippen molar-refractivity contribution < 1.29 is 14.6 Å². The second-order valence-corrected chi connectivity index (χ2v) is 9.20. The van der Waals surface area contributed by atoms with Gasteiger partial charge in [-0.1, -0.05) is 29.8 Å². The van der Waals surface area contributed by atoms with Crippen LogP contribution in [0.15, 0.2) is 53.1 Å². The summed E-state index contributed by atoms with van der Waals surface area (Å²) < 4.78 is 6.15. The second kappa shape index (κ2) is 6.61. The Morgan fingerprint density at radius 2 is 1.66 bits per heavy atom. The molecule has 148 valence electrons. The van der Waals surface area contributed by atoms with Crippen LogP contribution in [0.5, 0.6) is 0 Å². The Balaban J connectivity index is 1.56. The minimum Gasteiger partial charge on any atom is -0.511 e. The van der Waals surface area contributed by atoms with E-state index in [2.05, 4.69) is 55.7 Å². The molecule has 3 nitrogen and oxygen atoms in total. The smallest absolute Gasteiger partial charge is 0.173 e. The Hall–Kier alpha value is -2.30. The van der Waals surface area contributed by atoms with Gasteiger partial charge in [-0.05, 0) is 73.1 Å². The molecule has 2 aromatic rings. The number of ketones is 1. The van der Waals surface area contributed by atoms with Gasteiger partial charge in [-0.3, -0.25) is 4.79 Å². The summed E-state index contributed by atoms with van der Waals surface area (Å²) in [6.45, 7) is 6.08. The number of thioether (sulfide) groups is 1. The van der Waals surface area contributed by atoms with Crippen LogP contribution in [0.25, 0.3) is 11.1 Å². The largest absolute Gasteiger partial charge is 0.511 e. The van der Waals surface area contributed by atoms with E-state index in [9.17, 15) is 9.90 Å². The molecule has 1 N–H and O–H groups in total. The zero-order chi connectivity index (χ0) is 20.4. The lowest BCUT2D eigenvalue weighted by Gasteiger charge is -2.21. The van der Waals surface area contributed by atoms with Crippen LogP contribution >= 0.6 is 11.8 Å². The Morgan fingerprint density at radius 3 is 2.28 bits per heavy atom. The number of carbonyl (C=O) groups is 1. The van der Waals surface area contributed by atoms with Crippen LogP contribution in [0.4, 0.5) is 0 Å². The quantitative estimate of drug-likeness (QED) is 0.707. The van der Waals surface area contributed by atoms with Crippen LogP contribution in [0.3, 0.4) is 0 Å². The van der Waals surface area contributed by atoms with Crippen LogP contribution in [-0.2, 0) is 9.53 Å². The topological polar surface area (TPSA) is 46.5 Å². The number of allylic oxidation sites excluding steroid dienone is 1. The van der Waals surface area contributed by atoms with Crippen molar-refractivity contribution in [3.8, 4) is 0 Å². The van der Waals surface area contributed by atoms with E-state index in [1.165, 1.54) is 4.90 Å². The molecule has 5 rings (SSSR count). The first-order valence-electron chi connectivity index (χ1n) is 9.98. The first-order valence-corrected chi connectivity index (χ1v) is 11.2. The van der Waals surface area contributed by atoms with Gasteiger partial charge in [0.05, 0.1) is 29.6 Å². The maximum atomic E-state index is 13.4. The fraction of sp³-hybridized carbons (Fsp3) is 0.320. The predicted octanol–water partition coefficient (Wildman–Crippen LogP) is 5.28. The number of hydrogen-bond acceptors (Lipinski definition) is 4. The van der Waals surface area contributed by atoms with Gasteiger partial charge in [0.1, 0.15) is 5.76 Å². The first-order chi connectivity index (χ1) is 13.9. The minimum atomic E-state index is -0.315. The molecule has 1 aliphatic carbocycles. The van der Waals surface area contributed by atoms with Gasteiger partial charge in [0.15, 0.2) is 5.78 Å². The number of benzene rings is 2. The van der Waals surface area contributed by atoms with Crippen molar-refractivity contribution in [3.63, 3.8) is 0 Å². The van der Waals surface area contributed by atoms with Crippen LogP contribution in [0.2, 0.25) is 0 Å². The summed E-state index contributed by atoms with van der Waals surface area (Å²) in [5, 5.41) is 11.2. The van der Waals surface area contributed by atoms with Crippen LogP contribution in [0.1, 0.15) is 27.8 Å². The standard InChI is InChI=1S/C25H24O3S/c1-12-9-13(2)19(14(3)10-12)21-23(26)20-18-11-17(25(28-18)22(20)24(21)27)15-5-7-16(29-4)8-6-15/h5-11,18,20,22,25,27H,1-4H3/t18-,20-,22+,25+/m0/s1. The molecule has 0 saturated carbocycles. The van der Waals surface area contributed by atoms with Crippen molar-refractivity contribution in [2.24, 2.45) is 11.8 Å². The van der Waals surface area contributed by atoms with E-state index in [4.69, 9.17) is 4.74 Å². The fourth-order valence-electron chi connectivity index (χ4n) is 5.37. The molecule has 4 heteroatoms. The highest BCUT2D eigenvalue weighted by molar-refractivity contribution is 7.98. The lowest BCUT2D eigenvalue weighted by atomic mass is 9.78. The fourth-order valence-corrected chi connectivity index (χ4v) is 5.78. The van der Waals surface area contributed by atoms with Gasteiger partial charge in [-0.15, -0.1) is 11.8 Å². The van der Waals surface area contributed by atoms with Crippen molar-refractivity contribution in [1.82, 2.24) is 0 Å². The third kappa shape index (κ3) is 2.66. The number of hydrogen-bond donors (Lipinski definition) is 1. The first kappa shape index (κ1) is 18.7. The second-order valence-electron chi connectivity index (χ2n) is 8.32. The Labute approximate surface area is 175 Å². The third-order valence-electron chi connectivity index (χ3n) is 6.49. The molecule has 2 aromatic carbocycles. The highest BCUT2D eigenvalue weighted by Gasteiger charge is 2.59. The molecule has 1 saturated heterocycles. The van der Waals surface area contributed by atoms with Gasteiger partial charge in [0.25, 0.3) is 0 Å². The number of ether oxygens (including phenoxy) is 1. The van der Waals surface area contributed by atoms with E-state index in [-0.39, 0.29) is 35.6 Å². The van der Waals surface area contributed by atoms with Crippen LogP contribution in [-0.4, -0.2) is 29.4 Å². The Kier molecular flexibility index (Phi) is 4.27. The van der Waals surface area contributed by atoms with E-state index in [0.717, 1.165) is 33.4 Å².